The molecule has 3 unspecified atom stereocenters. The molecule has 0 fully saturated rings. The summed E-state index contributed by atoms with van der Waals surface area (Å²) in [7, 11) is 0. The molecule has 1 aliphatic heterocycles. The second kappa shape index (κ2) is 8.97. The van der Waals surface area contributed by atoms with Gasteiger partial charge in [0.05, 0.1) is 16.5 Å². The van der Waals surface area contributed by atoms with E-state index in [2.05, 4.69) is 140 Å². The number of rotatable bonds is 3. The number of allylic oxidation sites excluding steroid dienone is 5. The van der Waals surface area contributed by atoms with Crippen LogP contribution in [0.25, 0.3) is 39.6 Å². The first-order chi connectivity index (χ1) is 19.6. The Morgan fingerprint density at radius 1 is 0.900 bits per heavy atom. The quantitative estimate of drug-likeness (QED) is 0.229. The molecule has 3 atom stereocenters. The van der Waals surface area contributed by atoms with Crippen LogP contribution in [-0.4, -0.2) is 9.55 Å². The van der Waals surface area contributed by atoms with E-state index < -0.39 is 0 Å². The second-order valence-corrected chi connectivity index (χ2v) is 12.6. The van der Waals surface area contributed by atoms with Crippen molar-refractivity contribution >= 4 is 34.3 Å². The first-order valence-corrected chi connectivity index (χ1v) is 15.0. The van der Waals surface area contributed by atoms with E-state index in [0.717, 1.165) is 23.5 Å². The molecule has 40 heavy (non-hydrogen) atoms. The van der Waals surface area contributed by atoms with Crippen LogP contribution in [0, 0.1) is 5.92 Å². The van der Waals surface area contributed by atoms with Crippen LogP contribution >= 0.6 is 11.8 Å². The lowest BCUT2D eigenvalue weighted by molar-refractivity contribution is 0.567. The van der Waals surface area contributed by atoms with E-state index in [-0.39, 0.29) is 10.7 Å². The molecule has 3 heterocycles. The van der Waals surface area contributed by atoms with Crippen molar-refractivity contribution in [3.63, 3.8) is 0 Å². The summed E-state index contributed by atoms with van der Waals surface area (Å²) >= 11 is 2.00. The van der Waals surface area contributed by atoms with Crippen molar-refractivity contribution in [1.29, 1.82) is 0 Å². The molecule has 3 heteroatoms. The van der Waals surface area contributed by atoms with Crippen LogP contribution in [0.15, 0.2) is 120 Å². The predicted octanol–water partition coefficient (Wildman–Crippen LogP) is 9.80. The molecule has 0 N–H and O–H groups in total. The standard InChI is InChI=1S/C37H30N2S/c1-24-12-6-7-15-27(24)26-22-31(25-13-4-3-5-14-25)38-34(23-26)39-32-18-10-8-16-28(32)29-20-21-37(2)30-17-9-11-19-33(30)40-36(37)35(29)39/h3-11,13-24,36H,12H2,1-2H3. The van der Waals surface area contributed by atoms with Gasteiger partial charge in [-0.1, -0.05) is 111 Å². The summed E-state index contributed by atoms with van der Waals surface area (Å²) in [5.41, 5.74) is 10.0. The van der Waals surface area contributed by atoms with Gasteiger partial charge in [0.1, 0.15) is 5.82 Å². The maximum Gasteiger partial charge on any atom is 0.138 e. The molecule has 0 spiro atoms. The molecule has 2 nitrogen and oxygen atoms in total. The molecule has 0 saturated carbocycles. The Hall–Kier alpha value is -4.08. The fourth-order valence-electron chi connectivity index (χ4n) is 6.82. The largest absolute Gasteiger partial charge is 0.296 e. The van der Waals surface area contributed by atoms with Gasteiger partial charge in [-0.05, 0) is 53.3 Å². The average molecular weight is 535 g/mol. The Labute approximate surface area is 239 Å². The summed E-state index contributed by atoms with van der Waals surface area (Å²) in [5.74, 6) is 1.45. The molecule has 3 aliphatic rings. The third-order valence-electron chi connectivity index (χ3n) is 8.93. The van der Waals surface area contributed by atoms with Gasteiger partial charge in [0.15, 0.2) is 0 Å². The van der Waals surface area contributed by atoms with E-state index in [9.17, 15) is 0 Å². The zero-order chi connectivity index (χ0) is 26.8. The zero-order valence-corrected chi connectivity index (χ0v) is 23.5. The second-order valence-electron chi connectivity index (χ2n) is 11.4. The molecule has 3 aromatic carbocycles. The van der Waals surface area contributed by atoms with Gasteiger partial charge in [0.2, 0.25) is 0 Å². The molecule has 0 bridgehead atoms. The van der Waals surface area contributed by atoms with Gasteiger partial charge in [0, 0.05) is 32.5 Å². The van der Waals surface area contributed by atoms with E-state index >= 15 is 0 Å². The van der Waals surface area contributed by atoms with Crippen LogP contribution in [0.5, 0.6) is 0 Å². The summed E-state index contributed by atoms with van der Waals surface area (Å²) in [6, 6.07) is 33.0. The third-order valence-corrected chi connectivity index (χ3v) is 10.5. The minimum atomic E-state index is -0.0779. The highest BCUT2D eigenvalue weighted by Gasteiger charge is 2.47. The molecule has 2 aliphatic carbocycles. The summed E-state index contributed by atoms with van der Waals surface area (Å²) in [4.78, 5) is 6.77. The van der Waals surface area contributed by atoms with Gasteiger partial charge in [-0.15, -0.1) is 11.8 Å². The summed E-state index contributed by atoms with van der Waals surface area (Å²) < 4.78 is 2.47. The molecule has 2 aromatic heterocycles. The Morgan fingerprint density at radius 3 is 2.58 bits per heavy atom. The Kier molecular flexibility index (Phi) is 5.33. The number of pyridine rings is 1. The van der Waals surface area contributed by atoms with Crippen molar-refractivity contribution in [3.05, 3.63) is 138 Å². The van der Waals surface area contributed by atoms with E-state index in [1.165, 1.54) is 43.8 Å². The molecule has 0 radical (unpaired) electrons. The number of hydrogen-bond acceptors (Lipinski definition) is 2. The lowest BCUT2D eigenvalue weighted by atomic mass is 9.74. The summed E-state index contributed by atoms with van der Waals surface area (Å²) in [5, 5.41) is 1.55. The number of fused-ring (bicyclic) bond motifs is 7. The fraction of sp³-hybridized carbons (Fsp3) is 0.162. The Balaban J connectivity index is 1.42. The molecule has 0 amide bonds. The molecule has 8 rings (SSSR count). The minimum absolute atomic E-state index is 0.0779. The first-order valence-electron chi connectivity index (χ1n) is 14.2. The van der Waals surface area contributed by atoms with Gasteiger partial charge in [-0.25, -0.2) is 4.98 Å². The maximum atomic E-state index is 5.39. The number of nitrogens with zero attached hydrogens (tertiary/aromatic N) is 2. The molecule has 194 valence electrons. The molecular formula is C37H30N2S. The molecular weight excluding hydrogens is 504 g/mol. The van der Waals surface area contributed by atoms with Crippen molar-refractivity contribution in [3.8, 4) is 17.1 Å². The summed E-state index contributed by atoms with van der Waals surface area (Å²) in [6.45, 7) is 4.73. The van der Waals surface area contributed by atoms with Crippen LogP contribution in [0.3, 0.4) is 0 Å². The number of aromatic nitrogens is 2. The van der Waals surface area contributed by atoms with Crippen molar-refractivity contribution in [2.24, 2.45) is 5.92 Å². The molecule has 5 aromatic rings. The van der Waals surface area contributed by atoms with Crippen molar-refractivity contribution < 1.29 is 0 Å². The smallest absolute Gasteiger partial charge is 0.138 e. The number of hydrogen-bond donors (Lipinski definition) is 0. The summed E-state index contributed by atoms with van der Waals surface area (Å²) in [6.07, 6.45) is 12.6. The van der Waals surface area contributed by atoms with Crippen LogP contribution < -0.4 is 0 Å². The van der Waals surface area contributed by atoms with Gasteiger partial charge < -0.3 is 0 Å². The molecule has 0 saturated heterocycles. The first kappa shape index (κ1) is 23.8. The SMILES string of the molecule is CC1CC=CC=C1c1cc(-c2ccccc2)nc(-n2c3c(c4ccccc42)C=CC2(C)c4ccccc4SC32)c1. The van der Waals surface area contributed by atoms with Gasteiger partial charge in [0.25, 0.3) is 0 Å². The monoisotopic (exact) mass is 534 g/mol. The van der Waals surface area contributed by atoms with Gasteiger partial charge >= 0.3 is 0 Å². The van der Waals surface area contributed by atoms with Crippen molar-refractivity contribution in [2.45, 2.75) is 35.8 Å². The third kappa shape index (κ3) is 3.47. The maximum absolute atomic E-state index is 5.39. The lowest BCUT2D eigenvalue weighted by Gasteiger charge is -2.33. The highest BCUT2D eigenvalue weighted by atomic mass is 32.2. The van der Waals surface area contributed by atoms with Crippen LogP contribution in [0.4, 0.5) is 0 Å². The van der Waals surface area contributed by atoms with Crippen molar-refractivity contribution in [2.75, 3.05) is 0 Å². The van der Waals surface area contributed by atoms with Crippen molar-refractivity contribution in [1.82, 2.24) is 9.55 Å². The highest BCUT2D eigenvalue weighted by molar-refractivity contribution is 8.00. The lowest BCUT2D eigenvalue weighted by Crippen LogP contribution is -2.27. The van der Waals surface area contributed by atoms with E-state index in [1.54, 1.807) is 0 Å². The normalized spacial score (nSPS) is 22.6. The number of benzene rings is 3. The predicted molar refractivity (Wildman–Crippen MR) is 169 cm³/mol. The van der Waals surface area contributed by atoms with Gasteiger partial charge in [-0.2, -0.15) is 0 Å². The topological polar surface area (TPSA) is 17.8 Å². The number of para-hydroxylation sites is 1. The highest BCUT2D eigenvalue weighted by Crippen LogP contribution is 2.62. The minimum Gasteiger partial charge on any atom is -0.296 e. The van der Waals surface area contributed by atoms with Crippen LogP contribution in [-0.2, 0) is 5.41 Å². The van der Waals surface area contributed by atoms with Crippen LogP contribution in [0.2, 0.25) is 0 Å². The zero-order valence-electron chi connectivity index (χ0n) is 22.7. The van der Waals surface area contributed by atoms with E-state index in [0.29, 0.717) is 5.92 Å². The number of thioether (sulfide) groups is 1. The van der Waals surface area contributed by atoms with Crippen LogP contribution in [0.1, 0.15) is 47.9 Å². The fourth-order valence-corrected chi connectivity index (χ4v) is 8.44. The van der Waals surface area contributed by atoms with E-state index in [1.807, 2.05) is 11.8 Å². The Bertz CT molecular complexity index is 1890. The van der Waals surface area contributed by atoms with Gasteiger partial charge in [-0.3, -0.25) is 4.57 Å². The van der Waals surface area contributed by atoms with E-state index in [4.69, 9.17) is 4.98 Å². The Morgan fingerprint density at radius 2 is 1.70 bits per heavy atom. The average Bonchev–Trinajstić information content (AvgIpc) is 3.50.